The van der Waals surface area contributed by atoms with Gasteiger partial charge in [0.05, 0.1) is 5.69 Å². The number of hydrogen-bond donors (Lipinski definition) is 1. The number of pyridine rings is 1. The molecule has 2 aliphatic heterocycles. The Hall–Kier alpha value is -2.74. The zero-order chi connectivity index (χ0) is 19.5. The van der Waals surface area contributed by atoms with Crippen molar-refractivity contribution in [2.24, 2.45) is 5.92 Å². The summed E-state index contributed by atoms with van der Waals surface area (Å²) in [5.74, 6) is 0.195. The Bertz CT molecular complexity index is 820. The maximum Gasteiger partial charge on any atom is 0.274 e. The van der Waals surface area contributed by atoms with Crippen molar-refractivity contribution in [2.75, 3.05) is 46.3 Å². The standard InChI is InChI=1S/C20H26N6O2/c1-24-10-12-26(13-11-24)19(27)16-4-8-25(9-5-16)20(28)18-14-17(22-23-18)15-2-6-21-7-3-15/h2-3,6-7,14,16H,4-5,8-13H2,1H3,(H,22,23). The summed E-state index contributed by atoms with van der Waals surface area (Å²) < 4.78 is 0. The summed E-state index contributed by atoms with van der Waals surface area (Å²) in [6.07, 6.45) is 4.86. The lowest BCUT2D eigenvalue weighted by Crippen LogP contribution is -2.51. The quantitative estimate of drug-likeness (QED) is 0.859. The van der Waals surface area contributed by atoms with Crippen molar-refractivity contribution in [1.29, 1.82) is 0 Å². The molecule has 0 unspecified atom stereocenters. The van der Waals surface area contributed by atoms with Crippen molar-refractivity contribution in [3.63, 3.8) is 0 Å². The highest BCUT2D eigenvalue weighted by Crippen LogP contribution is 2.23. The number of likely N-dealkylation sites (tertiary alicyclic amines) is 1. The fourth-order valence-corrected chi connectivity index (χ4v) is 3.89. The summed E-state index contributed by atoms with van der Waals surface area (Å²) in [7, 11) is 2.08. The Morgan fingerprint density at radius 2 is 1.68 bits per heavy atom. The van der Waals surface area contributed by atoms with Gasteiger partial charge in [-0.05, 0) is 38.1 Å². The molecule has 0 saturated carbocycles. The van der Waals surface area contributed by atoms with E-state index in [1.54, 1.807) is 23.4 Å². The molecular weight excluding hydrogens is 356 g/mol. The molecule has 2 fully saturated rings. The summed E-state index contributed by atoms with van der Waals surface area (Å²) in [6.45, 7) is 4.67. The molecule has 0 aliphatic carbocycles. The van der Waals surface area contributed by atoms with Crippen LogP contribution in [0.3, 0.4) is 0 Å². The van der Waals surface area contributed by atoms with Crippen molar-refractivity contribution in [3.8, 4) is 11.3 Å². The predicted molar refractivity (Wildman–Crippen MR) is 105 cm³/mol. The van der Waals surface area contributed by atoms with Crippen molar-refractivity contribution >= 4 is 11.8 Å². The first-order valence-corrected chi connectivity index (χ1v) is 9.84. The second-order valence-corrected chi connectivity index (χ2v) is 7.60. The lowest BCUT2D eigenvalue weighted by molar-refractivity contribution is -0.138. The van der Waals surface area contributed by atoms with Gasteiger partial charge in [0, 0.05) is 63.1 Å². The van der Waals surface area contributed by atoms with Crippen LogP contribution in [0.15, 0.2) is 30.6 Å². The number of amides is 2. The number of piperidine rings is 1. The van der Waals surface area contributed by atoms with Crippen LogP contribution in [0.25, 0.3) is 11.3 Å². The van der Waals surface area contributed by atoms with Crippen LogP contribution in [0.1, 0.15) is 23.3 Å². The molecule has 4 rings (SSSR count). The van der Waals surface area contributed by atoms with Crippen LogP contribution in [0.2, 0.25) is 0 Å². The van der Waals surface area contributed by atoms with Crippen molar-refractivity contribution in [3.05, 3.63) is 36.3 Å². The summed E-state index contributed by atoms with van der Waals surface area (Å²) in [6, 6.07) is 5.52. The van der Waals surface area contributed by atoms with Gasteiger partial charge in [-0.25, -0.2) is 0 Å². The highest BCUT2D eigenvalue weighted by Gasteiger charge is 2.32. The van der Waals surface area contributed by atoms with Crippen LogP contribution in [0.4, 0.5) is 0 Å². The van der Waals surface area contributed by atoms with Gasteiger partial charge >= 0.3 is 0 Å². The van der Waals surface area contributed by atoms with E-state index in [0.717, 1.165) is 50.3 Å². The van der Waals surface area contributed by atoms with Crippen molar-refractivity contribution < 1.29 is 9.59 Å². The minimum absolute atomic E-state index is 0.0269. The summed E-state index contributed by atoms with van der Waals surface area (Å²) in [5, 5.41) is 7.11. The van der Waals surface area contributed by atoms with E-state index in [2.05, 4.69) is 27.1 Å². The number of carbonyl (C=O) groups excluding carboxylic acids is 2. The topological polar surface area (TPSA) is 85.4 Å². The van der Waals surface area contributed by atoms with Crippen LogP contribution in [0.5, 0.6) is 0 Å². The molecule has 0 bridgehead atoms. The summed E-state index contributed by atoms with van der Waals surface area (Å²) in [4.78, 5) is 35.6. The molecule has 2 saturated heterocycles. The van der Waals surface area contributed by atoms with Crippen LogP contribution < -0.4 is 0 Å². The lowest BCUT2D eigenvalue weighted by Gasteiger charge is -2.37. The van der Waals surface area contributed by atoms with Crippen LogP contribution in [-0.2, 0) is 4.79 Å². The molecule has 1 N–H and O–H groups in total. The number of rotatable bonds is 3. The number of aromatic nitrogens is 3. The Morgan fingerprint density at radius 3 is 2.36 bits per heavy atom. The average Bonchev–Trinajstić information content (AvgIpc) is 3.24. The molecule has 8 nitrogen and oxygen atoms in total. The maximum absolute atomic E-state index is 12.8. The Balaban J connectivity index is 1.33. The number of H-pyrrole nitrogens is 1. The van der Waals surface area contributed by atoms with Crippen LogP contribution in [-0.4, -0.2) is 88.0 Å². The first-order valence-electron chi connectivity index (χ1n) is 9.84. The zero-order valence-corrected chi connectivity index (χ0v) is 16.2. The second-order valence-electron chi connectivity index (χ2n) is 7.60. The number of nitrogens with zero attached hydrogens (tertiary/aromatic N) is 5. The number of likely N-dealkylation sites (N-methyl/N-ethyl adjacent to an activating group) is 1. The van der Waals surface area contributed by atoms with Gasteiger partial charge in [0.1, 0.15) is 0 Å². The maximum atomic E-state index is 12.8. The number of nitrogens with one attached hydrogen (secondary N) is 1. The molecule has 2 amide bonds. The van der Waals surface area contributed by atoms with E-state index < -0.39 is 0 Å². The molecule has 4 heterocycles. The number of carbonyl (C=O) groups is 2. The highest BCUT2D eigenvalue weighted by atomic mass is 16.2. The number of aromatic amines is 1. The minimum Gasteiger partial charge on any atom is -0.340 e. The Kier molecular flexibility index (Phi) is 5.38. The van der Waals surface area contributed by atoms with Gasteiger partial charge in [-0.15, -0.1) is 0 Å². The lowest BCUT2D eigenvalue weighted by atomic mass is 9.94. The van der Waals surface area contributed by atoms with Gasteiger partial charge in [-0.3, -0.25) is 19.7 Å². The molecule has 148 valence electrons. The van der Waals surface area contributed by atoms with E-state index in [1.807, 2.05) is 17.0 Å². The van der Waals surface area contributed by atoms with Gasteiger partial charge in [0.15, 0.2) is 5.69 Å². The number of piperazine rings is 1. The van der Waals surface area contributed by atoms with Crippen LogP contribution in [0, 0.1) is 5.92 Å². The monoisotopic (exact) mass is 382 g/mol. The minimum atomic E-state index is -0.0814. The number of hydrogen-bond acceptors (Lipinski definition) is 5. The predicted octanol–water partition coefficient (Wildman–Crippen LogP) is 1.10. The van der Waals surface area contributed by atoms with E-state index in [9.17, 15) is 9.59 Å². The molecule has 2 aromatic heterocycles. The first kappa shape index (κ1) is 18.6. The third kappa shape index (κ3) is 3.91. The van der Waals surface area contributed by atoms with E-state index in [4.69, 9.17) is 0 Å². The van der Waals surface area contributed by atoms with E-state index in [-0.39, 0.29) is 17.7 Å². The molecule has 2 aliphatic rings. The van der Waals surface area contributed by atoms with Gasteiger partial charge in [-0.2, -0.15) is 5.10 Å². The zero-order valence-electron chi connectivity index (χ0n) is 16.2. The Labute approximate surface area is 164 Å². The molecule has 2 aromatic rings. The fraction of sp³-hybridized carbons (Fsp3) is 0.500. The third-order valence-electron chi connectivity index (χ3n) is 5.73. The van der Waals surface area contributed by atoms with Crippen molar-refractivity contribution in [1.82, 2.24) is 29.9 Å². The fourth-order valence-electron chi connectivity index (χ4n) is 3.89. The van der Waals surface area contributed by atoms with Crippen molar-refractivity contribution in [2.45, 2.75) is 12.8 Å². The van der Waals surface area contributed by atoms with Gasteiger partial charge in [0.2, 0.25) is 5.91 Å². The largest absolute Gasteiger partial charge is 0.340 e. The highest BCUT2D eigenvalue weighted by molar-refractivity contribution is 5.93. The molecule has 0 atom stereocenters. The van der Waals surface area contributed by atoms with E-state index in [1.165, 1.54) is 0 Å². The summed E-state index contributed by atoms with van der Waals surface area (Å²) >= 11 is 0. The SMILES string of the molecule is CN1CCN(C(=O)C2CCN(C(=O)c3cc(-c4ccncc4)[nH]n3)CC2)CC1. The van der Waals surface area contributed by atoms with Gasteiger partial charge < -0.3 is 14.7 Å². The normalized spacial score (nSPS) is 19.0. The summed E-state index contributed by atoms with van der Waals surface area (Å²) in [5.41, 5.74) is 2.15. The third-order valence-corrected chi connectivity index (χ3v) is 5.73. The average molecular weight is 382 g/mol. The van der Waals surface area contributed by atoms with E-state index in [0.29, 0.717) is 18.8 Å². The smallest absolute Gasteiger partial charge is 0.274 e. The first-order chi connectivity index (χ1) is 13.6. The molecule has 28 heavy (non-hydrogen) atoms. The Morgan fingerprint density at radius 1 is 1.00 bits per heavy atom. The molecule has 0 aromatic carbocycles. The van der Waals surface area contributed by atoms with Gasteiger partial charge in [-0.1, -0.05) is 0 Å². The van der Waals surface area contributed by atoms with Crippen LogP contribution >= 0.6 is 0 Å². The molecule has 0 spiro atoms. The second kappa shape index (κ2) is 8.10. The van der Waals surface area contributed by atoms with Gasteiger partial charge in [0.25, 0.3) is 5.91 Å². The molecule has 8 heteroatoms. The molecular formula is C20H26N6O2. The van der Waals surface area contributed by atoms with E-state index >= 15 is 0 Å². The molecule has 0 radical (unpaired) electrons.